The highest BCUT2D eigenvalue weighted by Gasteiger charge is 2.24. The van der Waals surface area contributed by atoms with Gasteiger partial charge in [0.2, 0.25) is 5.91 Å². The Morgan fingerprint density at radius 2 is 1.96 bits per heavy atom. The van der Waals surface area contributed by atoms with Gasteiger partial charge in [0.1, 0.15) is 0 Å². The highest BCUT2D eigenvalue weighted by atomic mass is 16.2. The Labute approximate surface area is 163 Å². The summed E-state index contributed by atoms with van der Waals surface area (Å²) in [5.74, 6) is -0.474. The molecule has 2 heterocycles. The van der Waals surface area contributed by atoms with E-state index in [1.165, 1.54) is 16.0 Å². The third-order valence-corrected chi connectivity index (χ3v) is 5.15. The Balaban J connectivity index is 1.46. The number of carbonyl (C=O) groups is 3. The maximum atomic E-state index is 12.7. The summed E-state index contributed by atoms with van der Waals surface area (Å²) >= 11 is 0. The highest BCUT2D eigenvalue weighted by Crippen LogP contribution is 2.20. The molecule has 2 aliphatic heterocycles. The highest BCUT2D eigenvalue weighted by molar-refractivity contribution is 6.06. The lowest BCUT2D eigenvalue weighted by Gasteiger charge is -2.26. The van der Waals surface area contributed by atoms with Gasteiger partial charge in [-0.2, -0.15) is 0 Å². The molecule has 0 aliphatic carbocycles. The first-order valence-electron chi connectivity index (χ1n) is 9.42. The molecule has 4 rings (SSSR count). The molecule has 28 heavy (non-hydrogen) atoms. The van der Waals surface area contributed by atoms with Crippen LogP contribution in [0, 0.1) is 0 Å². The zero-order valence-electron chi connectivity index (χ0n) is 15.5. The molecule has 0 spiro atoms. The molecule has 1 saturated heterocycles. The van der Waals surface area contributed by atoms with Crippen LogP contribution in [0.1, 0.15) is 33.5 Å². The molecule has 2 aliphatic rings. The van der Waals surface area contributed by atoms with E-state index in [2.05, 4.69) is 28.1 Å². The summed E-state index contributed by atoms with van der Waals surface area (Å²) in [7, 11) is 0. The summed E-state index contributed by atoms with van der Waals surface area (Å²) in [4.78, 5) is 37.5. The Hall–Kier alpha value is -3.19. The largest absolute Gasteiger partial charge is 0.348 e. The maximum absolute atomic E-state index is 12.7. The Morgan fingerprint density at radius 1 is 1.11 bits per heavy atom. The molecule has 1 fully saturated rings. The van der Waals surface area contributed by atoms with Crippen LogP contribution in [0.2, 0.25) is 0 Å². The van der Waals surface area contributed by atoms with Crippen molar-refractivity contribution < 1.29 is 14.4 Å². The van der Waals surface area contributed by atoms with Gasteiger partial charge < -0.3 is 10.6 Å². The number of amides is 4. The molecule has 0 radical (unpaired) electrons. The van der Waals surface area contributed by atoms with Crippen molar-refractivity contribution in [3.8, 4) is 0 Å². The quantitative estimate of drug-likeness (QED) is 0.755. The Morgan fingerprint density at radius 3 is 2.82 bits per heavy atom. The fourth-order valence-electron chi connectivity index (χ4n) is 3.68. The second-order valence-corrected chi connectivity index (χ2v) is 6.97. The van der Waals surface area contributed by atoms with Crippen molar-refractivity contribution in [1.29, 1.82) is 0 Å². The lowest BCUT2D eigenvalue weighted by Crippen LogP contribution is -2.49. The van der Waals surface area contributed by atoms with E-state index in [0.717, 1.165) is 25.1 Å². The van der Waals surface area contributed by atoms with Crippen molar-refractivity contribution >= 4 is 23.5 Å². The molecule has 0 saturated carbocycles. The van der Waals surface area contributed by atoms with Gasteiger partial charge in [-0.05, 0) is 47.9 Å². The number of rotatable bonds is 4. The summed E-state index contributed by atoms with van der Waals surface area (Å²) in [6, 6.07) is 12.6. The minimum absolute atomic E-state index is 0.193. The van der Waals surface area contributed by atoms with Gasteiger partial charge in [-0.3, -0.25) is 19.8 Å². The minimum Gasteiger partial charge on any atom is -0.348 e. The molecule has 144 valence electrons. The first kappa shape index (κ1) is 18.2. The first-order valence-corrected chi connectivity index (χ1v) is 9.42. The zero-order valence-corrected chi connectivity index (χ0v) is 15.5. The number of hydrogen-bond acceptors (Lipinski definition) is 4. The van der Waals surface area contributed by atoms with E-state index in [1.807, 2.05) is 6.07 Å². The van der Waals surface area contributed by atoms with Crippen molar-refractivity contribution in [2.75, 3.05) is 18.0 Å². The molecular weight excluding hydrogens is 356 g/mol. The molecule has 2 aromatic rings. The van der Waals surface area contributed by atoms with E-state index in [4.69, 9.17) is 0 Å². The number of imide groups is 1. The van der Waals surface area contributed by atoms with Crippen LogP contribution in [0.25, 0.3) is 0 Å². The summed E-state index contributed by atoms with van der Waals surface area (Å²) in [5, 5.41) is 8.63. The van der Waals surface area contributed by atoms with Crippen LogP contribution in [0.3, 0.4) is 0 Å². The average Bonchev–Trinajstić information content (AvgIpc) is 2.72. The van der Waals surface area contributed by atoms with Crippen molar-refractivity contribution in [3.63, 3.8) is 0 Å². The van der Waals surface area contributed by atoms with E-state index >= 15 is 0 Å². The van der Waals surface area contributed by atoms with Gasteiger partial charge in [0.25, 0.3) is 5.91 Å². The smallest absolute Gasteiger partial charge is 0.328 e. The van der Waals surface area contributed by atoms with Gasteiger partial charge in [-0.1, -0.05) is 24.3 Å². The fourth-order valence-corrected chi connectivity index (χ4v) is 3.68. The second kappa shape index (κ2) is 7.82. The van der Waals surface area contributed by atoms with Gasteiger partial charge >= 0.3 is 6.03 Å². The summed E-state index contributed by atoms with van der Waals surface area (Å²) < 4.78 is 0. The van der Waals surface area contributed by atoms with Crippen LogP contribution in [0.5, 0.6) is 0 Å². The monoisotopic (exact) mass is 378 g/mol. The molecule has 2 aromatic carbocycles. The number of fused-ring (bicyclic) bond motifs is 1. The predicted octanol–water partition coefficient (Wildman–Crippen LogP) is 1.71. The second-order valence-electron chi connectivity index (χ2n) is 6.97. The minimum atomic E-state index is -0.460. The van der Waals surface area contributed by atoms with Gasteiger partial charge in [-0.15, -0.1) is 0 Å². The van der Waals surface area contributed by atoms with E-state index in [9.17, 15) is 14.4 Å². The van der Waals surface area contributed by atoms with Crippen LogP contribution >= 0.6 is 0 Å². The maximum Gasteiger partial charge on any atom is 0.328 e. The third-order valence-electron chi connectivity index (χ3n) is 5.15. The van der Waals surface area contributed by atoms with Crippen molar-refractivity contribution in [3.05, 3.63) is 64.7 Å². The van der Waals surface area contributed by atoms with Crippen molar-refractivity contribution in [2.24, 2.45) is 0 Å². The number of carbonyl (C=O) groups excluding carboxylic acids is 3. The summed E-state index contributed by atoms with van der Waals surface area (Å²) in [6.45, 7) is 2.57. The Bertz CT molecular complexity index is 941. The van der Waals surface area contributed by atoms with Gasteiger partial charge in [0.15, 0.2) is 0 Å². The van der Waals surface area contributed by atoms with E-state index in [-0.39, 0.29) is 18.2 Å². The molecule has 7 nitrogen and oxygen atoms in total. The fraction of sp³-hybridized carbons (Fsp3) is 0.286. The zero-order chi connectivity index (χ0) is 19.5. The number of hydrogen-bond donors (Lipinski definition) is 3. The van der Waals surface area contributed by atoms with Crippen LogP contribution in [0.15, 0.2) is 42.5 Å². The molecule has 4 amide bonds. The molecular formula is C21H22N4O3. The van der Waals surface area contributed by atoms with Crippen LogP contribution < -0.4 is 20.9 Å². The van der Waals surface area contributed by atoms with Gasteiger partial charge in [-0.25, -0.2) is 4.79 Å². The third kappa shape index (κ3) is 3.75. The van der Waals surface area contributed by atoms with Gasteiger partial charge in [0.05, 0.1) is 0 Å². The predicted molar refractivity (Wildman–Crippen MR) is 105 cm³/mol. The van der Waals surface area contributed by atoms with Crippen LogP contribution in [-0.4, -0.2) is 30.9 Å². The average molecular weight is 378 g/mol. The van der Waals surface area contributed by atoms with Crippen LogP contribution in [0.4, 0.5) is 10.5 Å². The number of benzene rings is 2. The SMILES string of the molecule is O=C1CCN(c2cccc(C(=O)NCc3cccc4c3CCNC4)c2)C(=O)N1. The standard InChI is InChI=1S/C21H22N4O3/c26-19-8-10-25(21(28)24-19)17-6-2-3-14(11-17)20(27)23-13-16-5-1-4-15-12-22-9-7-18(15)16/h1-6,11,22H,7-10,12-13H2,(H,23,27)(H,24,26,28). The number of anilines is 1. The Kier molecular flexibility index (Phi) is 5.08. The molecule has 0 aromatic heterocycles. The van der Waals surface area contributed by atoms with Gasteiger partial charge in [0, 0.05) is 37.3 Å². The molecule has 0 atom stereocenters. The number of nitrogens with one attached hydrogen (secondary N) is 3. The topological polar surface area (TPSA) is 90.5 Å². The summed E-state index contributed by atoms with van der Waals surface area (Å²) in [5.41, 5.74) is 4.81. The number of nitrogens with zero attached hydrogens (tertiary/aromatic N) is 1. The van der Waals surface area contributed by atoms with Crippen molar-refractivity contribution in [1.82, 2.24) is 16.0 Å². The summed E-state index contributed by atoms with van der Waals surface area (Å²) in [6.07, 6.45) is 1.20. The molecule has 0 bridgehead atoms. The molecule has 0 unspecified atom stereocenters. The number of urea groups is 1. The lowest BCUT2D eigenvalue weighted by molar-refractivity contribution is -0.120. The van der Waals surface area contributed by atoms with Crippen molar-refractivity contribution in [2.45, 2.75) is 25.9 Å². The molecule has 7 heteroatoms. The van der Waals surface area contributed by atoms with E-state index in [0.29, 0.717) is 24.3 Å². The van der Waals surface area contributed by atoms with Crippen LogP contribution in [-0.2, 0) is 24.3 Å². The van der Waals surface area contributed by atoms with E-state index < -0.39 is 6.03 Å². The lowest BCUT2D eigenvalue weighted by atomic mass is 9.95. The first-order chi connectivity index (χ1) is 13.6. The normalized spacial score (nSPS) is 16.4. The van der Waals surface area contributed by atoms with E-state index in [1.54, 1.807) is 24.3 Å². The molecule has 3 N–H and O–H groups in total.